The third kappa shape index (κ3) is 3.67. The van der Waals surface area contributed by atoms with Crippen molar-refractivity contribution in [2.75, 3.05) is 0 Å². The molecule has 27 heavy (non-hydrogen) atoms. The van der Waals surface area contributed by atoms with Crippen molar-refractivity contribution in [2.24, 2.45) is 0 Å². The van der Waals surface area contributed by atoms with Gasteiger partial charge in [-0.15, -0.1) is 0 Å². The van der Waals surface area contributed by atoms with Gasteiger partial charge in [0.1, 0.15) is 0 Å². The summed E-state index contributed by atoms with van der Waals surface area (Å²) < 4.78 is 1.78. The molecule has 0 N–H and O–H groups in total. The number of Topliss-reactive ketones (excluding diaryl/α,β-unsaturated/α-hetero) is 1. The summed E-state index contributed by atoms with van der Waals surface area (Å²) in [6.07, 6.45) is 3.55. The van der Waals surface area contributed by atoms with E-state index in [1.54, 1.807) is 41.2 Å². The second-order valence-electron chi connectivity index (χ2n) is 6.44. The Balaban J connectivity index is 1.52. The average molecular weight is 352 g/mol. The Morgan fingerprint density at radius 3 is 2.04 bits per heavy atom. The van der Waals surface area contributed by atoms with Gasteiger partial charge in [-0.25, -0.2) is 0 Å². The Kier molecular flexibility index (Phi) is 4.58. The molecule has 130 valence electrons. The van der Waals surface area contributed by atoms with Crippen LogP contribution in [0.25, 0.3) is 10.8 Å². The molecule has 0 bridgehead atoms. The van der Waals surface area contributed by atoms with Gasteiger partial charge in [-0.2, -0.15) is 4.57 Å². The van der Waals surface area contributed by atoms with Crippen LogP contribution < -0.4 is 4.57 Å². The molecule has 0 aliphatic rings. The summed E-state index contributed by atoms with van der Waals surface area (Å²) in [6, 6.07) is 26.4. The summed E-state index contributed by atoms with van der Waals surface area (Å²) in [4.78, 5) is 25.1. The van der Waals surface area contributed by atoms with Crippen molar-refractivity contribution >= 4 is 22.3 Å². The van der Waals surface area contributed by atoms with Gasteiger partial charge in [0.15, 0.2) is 18.2 Å². The molecule has 0 amide bonds. The molecule has 4 rings (SSSR count). The minimum Gasteiger partial charge on any atom is -0.289 e. The normalized spacial score (nSPS) is 10.7. The number of nitrogens with zero attached hydrogens (tertiary/aromatic N) is 1. The van der Waals surface area contributed by atoms with E-state index in [2.05, 4.69) is 0 Å². The third-order valence-electron chi connectivity index (χ3n) is 4.59. The minimum atomic E-state index is -0.0257. The molecule has 0 saturated carbocycles. The Morgan fingerprint density at radius 2 is 1.30 bits per heavy atom. The van der Waals surface area contributed by atoms with Crippen LogP contribution in [0.1, 0.15) is 26.3 Å². The molecular weight excluding hydrogens is 334 g/mol. The second-order valence-corrected chi connectivity index (χ2v) is 6.44. The summed E-state index contributed by atoms with van der Waals surface area (Å²) >= 11 is 0. The van der Waals surface area contributed by atoms with Crippen LogP contribution in [0.4, 0.5) is 0 Å². The lowest BCUT2D eigenvalue weighted by Crippen LogP contribution is -2.37. The number of ketones is 2. The Bertz CT molecular complexity index is 1120. The van der Waals surface area contributed by atoms with E-state index in [9.17, 15) is 9.59 Å². The highest BCUT2D eigenvalue weighted by Crippen LogP contribution is 2.18. The maximum atomic E-state index is 12.8. The monoisotopic (exact) mass is 352 g/mol. The van der Waals surface area contributed by atoms with Gasteiger partial charge >= 0.3 is 0 Å². The van der Waals surface area contributed by atoms with E-state index in [-0.39, 0.29) is 18.1 Å². The number of carbonyl (C=O) groups is 2. The van der Waals surface area contributed by atoms with Gasteiger partial charge in [0.05, 0.1) is 0 Å². The molecule has 3 heteroatoms. The lowest BCUT2D eigenvalue weighted by molar-refractivity contribution is -0.683. The van der Waals surface area contributed by atoms with Crippen LogP contribution in [-0.2, 0) is 6.54 Å². The van der Waals surface area contributed by atoms with E-state index in [0.717, 1.165) is 10.8 Å². The summed E-state index contributed by atoms with van der Waals surface area (Å²) in [5, 5.41) is 2.15. The minimum absolute atomic E-state index is 0.0257. The van der Waals surface area contributed by atoms with Crippen LogP contribution in [0.2, 0.25) is 0 Å². The molecule has 1 aromatic heterocycles. The number of benzene rings is 3. The van der Waals surface area contributed by atoms with E-state index in [4.69, 9.17) is 0 Å². The van der Waals surface area contributed by atoms with Gasteiger partial charge in [0.25, 0.3) is 0 Å². The second kappa shape index (κ2) is 7.34. The molecule has 3 aromatic carbocycles. The first-order valence-electron chi connectivity index (χ1n) is 8.81. The van der Waals surface area contributed by atoms with Crippen LogP contribution in [0, 0.1) is 0 Å². The van der Waals surface area contributed by atoms with Gasteiger partial charge in [-0.3, -0.25) is 9.59 Å². The van der Waals surface area contributed by atoms with Gasteiger partial charge < -0.3 is 0 Å². The fraction of sp³-hybridized carbons (Fsp3) is 0.0417. The van der Waals surface area contributed by atoms with Crippen molar-refractivity contribution in [1.29, 1.82) is 0 Å². The molecule has 0 aliphatic carbocycles. The summed E-state index contributed by atoms with van der Waals surface area (Å²) in [5.41, 5.74) is 1.95. The van der Waals surface area contributed by atoms with E-state index in [1.807, 2.05) is 60.7 Å². The molecule has 0 spiro atoms. The van der Waals surface area contributed by atoms with Crippen molar-refractivity contribution in [3.8, 4) is 0 Å². The summed E-state index contributed by atoms with van der Waals surface area (Å²) in [5.74, 6) is 0.0106. The largest absolute Gasteiger partial charge is 0.289 e. The molecule has 0 saturated heterocycles. The first-order chi connectivity index (χ1) is 13.2. The van der Waals surface area contributed by atoms with Crippen LogP contribution >= 0.6 is 0 Å². The van der Waals surface area contributed by atoms with Gasteiger partial charge in [0.2, 0.25) is 12.3 Å². The molecule has 0 unspecified atom stereocenters. The highest BCUT2D eigenvalue weighted by molar-refractivity contribution is 6.10. The molecule has 0 atom stereocenters. The lowest BCUT2D eigenvalue weighted by Gasteiger charge is -2.03. The quantitative estimate of drug-likeness (QED) is 0.398. The number of hydrogen-bond donors (Lipinski definition) is 0. The van der Waals surface area contributed by atoms with E-state index in [0.29, 0.717) is 16.7 Å². The third-order valence-corrected chi connectivity index (χ3v) is 4.59. The SMILES string of the molecule is O=C(C[n+]1ccc(C(=O)c2ccc3ccccc3c2)cc1)c1ccccc1. The van der Waals surface area contributed by atoms with Crippen LogP contribution in [0.5, 0.6) is 0 Å². The first kappa shape index (κ1) is 16.9. The fourth-order valence-electron chi connectivity index (χ4n) is 3.09. The van der Waals surface area contributed by atoms with E-state index in [1.165, 1.54) is 0 Å². The van der Waals surface area contributed by atoms with Gasteiger partial charge in [-0.05, 0) is 16.8 Å². The Labute approximate surface area is 157 Å². The molecular formula is C24H18NO2+. The van der Waals surface area contributed by atoms with Crippen LogP contribution in [-0.4, -0.2) is 11.6 Å². The zero-order valence-electron chi connectivity index (χ0n) is 14.7. The van der Waals surface area contributed by atoms with E-state index < -0.39 is 0 Å². The molecule has 0 aliphatic heterocycles. The maximum Gasteiger partial charge on any atom is 0.227 e. The zero-order valence-corrected chi connectivity index (χ0v) is 14.7. The topological polar surface area (TPSA) is 38.0 Å². The van der Waals surface area contributed by atoms with Crippen molar-refractivity contribution in [2.45, 2.75) is 6.54 Å². The van der Waals surface area contributed by atoms with Gasteiger partial charge in [0, 0.05) is 28.8 Å². The van der Waals surface area contributed by atoms with Crippen molar-refractivity contribution in [3.63, 3.8) is 0 Å². The fourth-order valence-corrected chi connectivity index (χ4v) is 3.09. The smallest absolute Gasteiger partial charge is 0.227 e. The Morgan fingerprint density at radius 1 is 0.630 bits per heavy atom. The number of fused-ring (bicyclic) bond motifs is 1. The molecule has 0 radical (unpaired) electrons. The first-order valence-corrected chi connectivity index (χ1v) is 8.81. The van der Waals surface area contributed by atoms with Crippen LogP contribution in [0.15, 0.2) is 97.3 Å². The van der Waals surface area contributed by atoms with Crippen molar-refractivity contribution < 1.29 is 14.2 Å². The zero-order chi connectivity index (χ0) is 18.6. The van der Waals surface area contributed by atoms with Crippen LogP contribution in [0.3, 0.4) is 0 Å². The number of pyridine rings is 1. The molecule has 4 aromatic rings. The molecule has 0 fully saturated rings. The van der Waals surface area contributed by atoms with Crippen molar-refractivity contribution in [1.82, 2.24) is 0 Å². The Hall–Kier alpha value is -3.59. The number of rotatable bonds is 5. The summed E-state index contributed by atoms with van der Waals surface area (Å²) in [6.45, 7) is 0.245. The number of carbonyl (C=O) groups excluding carboxylic acids is 2. The van der Waals surface area contributed by atoms with E-state index >= 15 is 0 Å². The predicted octanol–water partition coefficient (Wildman–Crippen LogP) is 4.24. The van der Waals surface area contributed by atoms with Gasteiger partial charge in [-0.1, -0.05) is 66.7 Å². The number of hydrogen-bond acceptors (Lipinski definition) is 2. The maximum absolute atomic E-state index is 12.8. The highest BCUT2D eigenvalue weighted by atomic mass is 16.1. The molecule has 1 heterocycles. The number of aromatic nitrogens is 1. The predicted molar refractivity (Wildman–Crippen MR) is 105 cm³/mol. The standard InChI is InChI=1S/C24H18NO2/c26-23(19-7-2-1-3-8-19)17-25-14-12-20(13-15-25)24(27)22-11-10-18-6-4-5-9-21(18)16-22/h1-16H,17H2/q+1. The highest BCUT2D eigenvalue weighted by Gasteiger charge is 2.14. The average Bonchev–Trinajstić information content (AvgIpc) is 2.74. The van der Waals surface area contributed by atoms with Crippen molar-refractivity contribution in [3.05, 3.63) is 114 Å². The molecule has 3 nitrogen and oxygen atoms in total. The lowest BCUT2D eigenvalue weighted by atomic mass is 10.0. The summed E-state index contributed by atoms with van der Waals surface area (Å²) in [7, 11) is 0.